The van der Waals surface area contributed by atoms with Crippen molar-refractivity contribution in [2.75, 3.05) is 0 Å². The fourth-order valence-corrected chi connectivity index (χ4v) is 1.40. The van der Waals surface area contributed by atoms with E-state index >= 15 is 0 Å². The van der Waals surface area contributed by atoms with Crippen LogP contribution >= 0.6 is 0 Å². The minimum atomic E-state index is 0.478. The third kappa shape index (κ3) is 2.43. The molecule has 0 saturated heterocycles. The summed E-state index contributed by atoms with van der Waals surface area (Å²) >= 11 is 0. The second kappa shape index (κ2) is 4.26. The van der Waals surface area contributed by atoms with Gasteiger partial charge in [-0.3, -0.25) is 4.98 Å². The van der Waals surface area contributed by atoms with Crippen LogP contribution in [-0.4, -0.2) is 9.55 Å². The maximum atomic E-state index is 4.28. The molecule has 2 aromatic rings. The summed E-state index contributed by atoms with van der Waals surface area (Å²) in [6.45, 7) is 5.08. The highest BCUT2D eigenvalue weighted by Gasteiger charge is 1.99. The molecule has 3 nitrogen and oxygen atoms in total. The predicted octanol–water partition coefficient (Wildman–Crippen LogP) is 1.60. The van der Waals surface area contributed by atoms with Gasteiger partial charge in [-0.1, -0.05) is 6.07 Å². The zero-order valence-corrected chi connectivity index (χ0v) is 9.09. The summed E-state index contributed by atoms with van der Waals surface area (Å²) in [6, 6.07) is 6.43. The van der Waals surface area contributed by atoms with E-state index in [2.05, 4.69) is 35.9 Å². The van der Waals surface area contributed by atoms with Gasteiger partial charge in [-0.15, -0.1) is 0 Å². The molecule has 0 radical (unpaired) electrons. The molecule has 0 aromatic carbocycles. The van der Waals surface area contributed by atoms with E-state index < -0.39 is 0 Å². The third-order valence-electron chi connectivity index (χ3n) is 2.30. The highest BCUT2D eigenvalue weighted by atomic mass is 15.1. The van der Waals surface area contributed by atoms with Gasteiger partial charge in [0.2, 0.25) is 0 Å². The van der Waals surface area contributed by atoms with E-state index in [9.17, 15) is 0 Å². The largest absolute Gasteiger partial charge is 0.395 e. The number of hydrogen-bond donors (Lipinski definition) is 0. The topological polar surface area (TPSA) is 21.7 Å². The van der Waals surface area contributed by atoms with Crippen molar-refractivity contribution in [3.05, 3.63) is 48.8 Å². The molecule has 0 bridgehead atoms. The van der Waals surface area contributed by atoms with E-state index in [4.69, 9.17) is 0 Å². The van der Waals surface area contributed by atoms with Crippen molar-refractivity contribution in [2.24, 2.45) is 0 Å². The Morgan fingerprint density at radius 1 is 1.47 bits per heavy atom. The molecule has 0 aliphatic rings. The van der Waals surface area contributed by atoms with E-state index in [1.807, 2.05) is 35.2 Å². The van der Waals surface area contributed by atoms with Gasteiger partial charge in [-0.2, -0.15) is 0 Å². The van der Waals surface area contributed by atoms with Gasteiger partial charge in [0.05, 0.1) is 24.6 Å². The van der Waals surface area contributed by atoms with E-state index in [1.165, 1.54) is 0 Å². The zero-order chi connectivity index (χ0) is 10.7. The Kier molecular flexibility index (Phi) is 2.81. The van der Waals surface area contributed by atoms with Gasteiger partial charge in [-0.05, 0) is 32.2 Å². The van der Waals surface area contributed by atoms with Crippen molar-refractivity contribution in [1.29, 1.82) is 0 Å². The van der Waals surface area contributed by atoms with Crippen LogP contribution in [0.2, 0.25) is 0 Å². The van der Waals surface area contributed by atoms with E-state index in [0.717, 1.165) is 12.2 Å². The highest BCUT2D eigenvalue weighted by molar-refractivity contribution is 5.01. The molecular weight excluding hydrogens is 186 g/mol. The lowest BCUT2D eigenvalue weighted by atomic mass is 10.3. The van der Waals surface area contributed by atoms with Gasteiger partial charge >= 0.3 is 0 Å². The Hall–Kier alpha value is -1.64. The zero-order valence-electron chi connectivity index (χ0n) is 9.09. The second-order valence-corrected chi connectivity index (χ2v) is 3.86. The van der Waals surface area contributed by atoms with Gasteiger partial charge in [0.1, 0.15) is 0 Å². The predicted molar refractivity (Wildman–Crippen MR) is 57.2 cm³/mol. The first kappa shape index (κ1) is 9.90. The van der Waals surface area contributed by atoms with Crippen LogP contribution in [-0.2, 0) is 6.54 Å². The first-order chi connectivity index (χ1) is 7.25. The van der Waals surface area contributed by atoms with E-state index in [0.29, 0.717) is 6.04 Å². The number of aromatic nitrogens is 3. The summed E-state index contributed by atoms with van der Waals surface area (Å²) in [5, 5.41) is 0. The van der Waals surface area contributed by atoms with Gasteiger partial charge in [0, 0.05) is 12.4 Å². The monoisotopic (exact) mass is 201 g/mol. The summed E-state index contributed by atoms with van der Waals surface area (Å²) in [5.41, 5.74) is 1.06. The van der Waals surface area contributed by atoms with Gasteiger partial charge in [-0.25, -0.2) is 0 Å². The van der Waals surface area contributed by atoms with Crippen LogP contribution in [0.5, 0.6) is 0 Å². The third-order valence-corrected chi connectivity index (χ3v) is 2.30. The molecule has 78 valence electrons. The molecule has 3 heteroatoms. The average molecular weight is 201 g/mol. The number of imidazole rings is 1. The Labute approximate surface area is 90.0 Å². The molecule has 0 fully saturated rings. The molecule has 0 spiro atoms. The Balaban J connectivity index is 2.12. The smallest absolute Gasteiger partial charge is 0.0990 e. The SMILES string of the molecule is CC(C)n1c[c-][n+](Cc2ccccn2)c1. The standard InChI is InChI=1S/C12H15N3/c1-11(2)15-8-7-14(10-15)9-12-5-3-4-6-13-12/h3-6,8,10-11H,9H2,1-2H3. The van der Waals surface area contributed by atoms with Crippen molar-refractivity contribution in [3.63, 3.8) is 0 Å². The van der Waals surface area contributed by atoms with Gasteiger partial charge in [0.15, 0.2) is 0 Å². The molecule has 0 N–H and O–H groups in total. The number of rotatable bonds is 3. The summed E-state index contributed by atoms with van der Waals surface area (Å²) in [6.07, 6.45) is 9.01. The fourth-order valence-electron chi connectivity index (χ4n) is 1.40. The number of pyridine rings is 1. The van der Waals surface area contributed by atoms with Crippen molar-refractivity contribution >= 4 is 0 Å². The molecule has 0 aliphatic heterocycles. The van der Waals surface area contributed by atoms with Crippen molar-refractivity contribution < 1.29 is 4.57 Å². The van der Waals surface area contributed by atoms with Crippen LogP contribution in [0.1, 0.15) is 25.6 Å². The van der Waals surface area contributed by atoms with Crippen molar-refractivity contribution in [3.8, 4) is 0 Å². The van der Waals surface area contributed by atoms with Crippen LogP contribution in [0.25, 0.3) is 0 Å². The Morgan fingerprint density at radius 2 is 2.33 bits per heavy atom. The maximum absolute atomic E-state index is 4.28. The summed E-state index contributed by atoms with van der Waals surface area (Å²) in [4.78, 5) is 4.28. The number of hydrogen-bond acceptors (Lipinski definition) is 1. The first-order valence-corrected chi connectivity index (χ1v) is 5.14. The minimum Gasteiger partial charge on any atom is -0.395 e. The highest BCUT2D eigenvalue weighted by Crippen LogP contribution is 2.00. The molecule has 0 saturated carbocycles. The van der Waals surface area contributed by atoms with Gasteiger partial charge < -0.3 is 9.13 Å². The van der Waals surface area contributed by atoms with Crippen LogP contribution in [0.15, 0.2) is 36.9 Å². The van der Waals surface area contributed by atoms with E-state index in [1.54, 1.807) is 0 Å². The van der Waals surface area contributed by atoms with Crippen molar-refractivity contribution in [1.82, 2.24) is 9.55 Å². The summed E-state index contributed by atoms with van der Waals surface area (Å²) < 4.78 is 4.14. The molecule has 0 atom stereocenters. The lowest BCUT2D eigenvalue weighted by molar-refractivity contribution is -0.692. The fraction of sp³-hybridized carbons (Fsp3) is 0.333. The first-order valence-electron chi connectivity index (χ1n) is 5.14. The molecule has 0 amide bonds. The van der Waals surface area contributed by atoms with Crippen LogP contribution in [0.3, 0.4) is 0 Å². The Morgan fingerprint density at radius 3 is 2.93 bits per heavy atom. The average Bonchev–Trinajstić information content (AvgIpc) is 2.68. The number of nitrogens with zero attached hydrogens (tertiary/aromatic N) is 3. The Bertz CT molecular complexity index is 417. The summed E-state index contributed by atoms with van der Waals surface area (Å²) in [7, 11) is 0. The molecule has 0 unspecified atom stereocenters. The minimum absolute atomic E-state index is 0.478. The molecule has 2 rings (SSSR count). The second-order valence-electron chi connectivity index (χ2n) is 3.86. The molecule has 15 heavy (non-hydrogen) atoms. The van der Waals surface area contributed by atoms with Crippen LogP contribution in [0.4, 0.5) is 0 Å². The maximum Gasteiger partial charge on any atom is 0.0990 e. The quantitative estimate of drug-likeness (QED) is 0.546. The van der Waals surface area contributed by atoms with Gasteiger partial charge in [0.25, 0.3) is 0 Å². The van der Waals surface area contributed by atoms with Crippen molar-refractivity contribution in [2.45, 2.75) is 26.4 Å². The molecule has 2 heterocycles. The van der Waals surface area contributed by atoms with Crippen LogP contribution in [0, 0.1) is 6.20 Å². The lowest BCUT2D eigenvalue weighted by Gasteiger charge is -2.05. The van der Waals surface area contributed by atoms with Crippen LogP contribution < -0.4 is 4.57 Å². The lowest BCUT2D eigenvalue weighted by Crippen LogP contribution is -2.32. The molecule has 0 aliphatic carbocycles. The van der Waals surface area contributed by atoms with E-state index in [-0.39, 0.29) is 0 Å². The normalized spacial score (nSPS) is 10.9. The molecule has 2 aromatic heterocycles. The molecular formula is C12H15N3. The summed E-state index contributed by atoms with van der Waals surface area (Å²) in [5.74, 6) is 0.